The summed E-state index contributed by atoms with van der Waals surface area (Å²) in [5, 5.41) is 5.48. The average Bonchev–Trinajstić information content (AvgIpc) is 2.33. The zero-order valence-corrected chi connectivity index (χ0v) is 9.69. The fourth-order valence-corrected chi connectivity index (χ4v) is 1.19. The number of nitrogens with zero attached hydrogens (tertiary/aromatic N) is 1. The first-order valence-electron chi connectivity index (χ1n) is 5.40. The summed E-state index contributed by atoms with van der Waals surface area (Å²) < 4.78 is 0. The molecule has 0 bridgehead atoms. The number of primary amides is 1. The van der Waals surface area contributed by atoms with Gasteiger partial charge in [-0.05, 0) is 18.6 Å². The monoisotopic (exact) mass is 236 g/mol. The first-order valence-corrected chi connectivity index (χ1v) is 5.40. The minimum atomic E-state index is -0.572. The Morgan fingerprint density at radius 2 is 2.24 bits per heavy atom. The summed E-state index contributed by atoms with van der Waals surface area (Å²) in [6, 6.07) is 3.21. The van der Waals surface area contributed by atoms with Crippen LogP contribution in [0.1, 0.15) is 23.7 Å². The number of carbonyl (C=O) groups is 2. The van der Waals surface area contributed by atoms with E-state index >= 15 is 0 Å². The largest absolute Gasteiger partial charge is 0.370 e. The smallest absolute Gasteiger partial charge is 0.251 e. The quantitative estimate of drug-likeness (QED) is 0.653. The molecule has 0 aromatic carbocycles. The van der Waals surface area contributed by atoms with E-state index in [1.54, 1.807) is 12.1 Å². The molecule has 0 aliphatic heterocycles. The summed E-state index contributed by atoms with van der Waals surface area (Å²) in [5.41, 5.74) is 5.38. The van der Waals surface area contributed by atoms with E-state index in [-0.39, 0.29) is 12.5 Å². The lowest BCUT2D eigenvalue weighted by Crippen LogP contribution is -2.33. The van der Waals surface area contributed by atoms with Gasteiger partial charge in [0.2, 0.25) is 5.91 Å². The van der Waals surface area contributed by atoms with Crippen molar-refractivity contribution in [1.29, 1.82) is 0 Å². The van der Waals surface area contributed by atoms with Crippen LogP contribution in [-0.4, -0.2) is 29.9 Å². The van der Waals surface area contributed by atoms with Crippen molar-refractivity contribution >= 4 is 17.6 Å². The molecular weight excluding hydrogens is 220 g/mol. The van der Waals surface area contributed by atoms with Crippen LogP contribution in [0.15, 0.2) is 18.3 Å². The Labute approximate surface area is 99.6 Å². The van der Waals surface area contributed by atoms with E-state index < -0.39 is 5.91 Å². The molecule has 0 saturated carbocycles. The standard InChI is InChI=1S/C11H16N4O2/c1-2-4-13-10-6-8(3-5-14-10)11(17)15-7-9(12)16/h3,5-6H,2,4,7H2,1H3,(H2,12,16)(H,13,14)(H,15,17). The third-order valence-corrected chi connectivity index (χ3v) is 2.00. The van der Waals surface area contributed by atoms with Gasteiger partial charge in [0.25, 0.3) is 5.91 Å². The Morgan fingerprint density at radius 1 is 1.47 bits per heavy atom. The van der Waals surface area contributed by atoms with E-state index in [2.05, 4.69) is 15.6 Å². The van der Waals surface area contributed by atoms with Gasteiger partial charge in [-0.25, -0.2) is 4.98 Å². The van der Waals surface area contributed by atoms with Gasteiger partial charge < -0.3 is 16.4 Å². The molecule has 92 valence electrons. The fourth-order valence-electron chi connectivity index (χ4n) is 1.19. The molecule has 0 unspecified atom stereocenters. The predicted molar refractivity (Wildman–Crippen MR) is 64.5 cm³/mol. The van der Waals surface area contributed by atoms with Gasteiger partial charge in [-0.2, -0.15) is 0 Å². The van der Waals surface area contributed by atoms with Crippen LogP contribution in [0.3, 0.4) is 0 Å². The topological polar surface area (TPSA) is 97.1 Å². The second kappa shape index (κ2) is 6.47. The van der Waals surface area contributed by atoms with Crippen LogP contribution in [0.25, 0.3) is 0 Å². The Hall–Kier alpha value is -2.11. The molecule has 1 aromatic rings. The number of rotatable bonds is 6. The summed E-state index contributed by atoms with van der Waals surface area (Å²) in [6.45, 7) is 2.66. The van der Waals surface area contributed by atoms with Gasteiger partial charge in [0.15, 0.2) is 0 Å². The molecule has 6 nitrogen and oxygen atoms in total. The Kier molecular flexibility index (Phi) is 4.93. The van der Waals surface area contributed by atoms with Gasteiger partial charge in [0.05, 0.1) is 6.54 Å². The maximum absolute atomic E-state index is 11.6. The number of amides is 2. The molecule has 0 aliphatic carbocycles. The number of carbonyl (C=O) groups excluding carboxylic acids is 2. The van der Waals surface area contributed by atoms with Crippen LogP contribution in [0, 0.1) is 0 Å². The van der Waals surface area contributed by atoms with Gasteiger partial charge in [0, 0.05) is 18.3 Å². The first-order chi connectivity index (χ1) is 8.13. The summed E-state index contributed by atoms with van der Waals surface area (Å²) in [5.74, 6) is -0.277. The van der Waals surface area contributed by atoms with Crippen molar-refractivity contribution < 1.29 is 9.59 Å². The van der Waals surface area contributed by atoms with E-state index in [9.17, 15) is 9.59 Å². The number of nitrogens with one attached hydrogen (secondary N) is 2. The lowest BCUT2D eigenvalue weighted by atomic mass is 10.2. The summed E-state index contributed by atoms with van der Waals surface area (Å²) in [4.78, 5) is 26.2. The highest BCUT2D eigenvalue weighted by atomic mass is 16.2. The van der Waals surface area contributed by atoms with E-state index in [0.29, 0.717) is 11.4 Å². The highest BCUT2D eigenvalue weighted by Gasteiger charge is 2.07. The van der Waals surface area contributed by atoms with Gasteiger partial charge in [-0.3, -0.25) is 9.59 Å². The van der Waals surface area contributed by atoms with E-state index in [1.807, 2.05) is 6.92 Å². The van der Waals surface area contributed by atoms with Crippen LogP contribution >= 0.6 is 0 Å². The van der Waals surface area contributed by atoms with Crippen molar-refractivity contribution in [3.8, 4) is 0 Å². The van der Waals surface area contributed by atoms with Crippen LogP contribution in [-0.2, 0) is 4.79 Å². The first kappa shape index (κ1) is 13.0. The Morgan fingerprint density at radius 3 is 2.88 bits per heavy atom. The van der Waals surface area contributed by atoms with Crippen molar-refractivity contribution in [2.45, 2.75) is 13.3 Å². The van der Waals surface area contributed by atoms with Crippen LogP contribution in [0.5, 0.6) is 0 Å². The minimum absolute atomic E-state index is 0.168. The Balaban J connectivity index is 2.63. The maximum atomic E-state index is 11.6. The maximum Gasteiger partial charge on any atom is 0.251 e. The summed E-state index contributed by atoms with van der Waals surface area (Å²) >= 11 is 0. The number of hydrogen-bond donors (Lipinski definition) is 3. The van der Waals surface area contributed by atoms with E-state index in [1.165, 1.54) is 6.20 Å². The highest BCUT2D eigenvalue weighted by molar-refractivity contribution is 5.96. The van der Waals surface area contributed by atoms with Crippen LogP contribution in [0.2, 0.25) is 0 Å². The molecule has 0 radical (unpaired) electrons. The SMILES string of the molecule is CCCNc1cc(C(=O)NCC(N)=O)ccn1. The second-order valence-corrected chi connectivity index (χ2v) is 3.51. The van der Waals surface area contributed by atoms with Gasteiger partial charge in [-0.1, -0.05) is 6.92 Å². The van der Waals surface area contributed by atoms with E-state index in [0.717, 1.165) is 13.0 Å². The number of pyridine rings is 1. The molecule has 0 spiro atoms. The van der Waals surface area contributed by atoms with Crippen molar-refractivity contribution in [3.05, 3.63) is 23.9 Å². The number of nitrogens with two attached hydrogens (primary N) is 1. The van der Waals surface area contributed by atoms with Crippen molar-refractivity contribution in [1.82, 2.24) is 10.3 Å². The molecule has 17 heavy (non-hydrogen) atoms. The lowest BCUT2D eigenvalue weighted by Gasteiger charge is -2.06. The molecule has 0 atom stereocenters. The number of hydrogen-bond acceptors (Lipinski definition) is 4. The van der Waals surface area contributed by atoms with Crippen LogP contribution < -0.4 is 16.4 Å². The minimum Gasteiger partial charge on any atom is -0.370 e. The summed E-state index contributed by atoms with van der Waals surface area (Å²) in [7, 11) is 0. The molecule has 1 rings (SSSR count). The number of anilines is 1. The van der Waals surface area contributed by atoms with Gasteiger partial charge in [-0.15, -0.1) is 0 Å². The molecule has 0 aliphatic rings. The molecule has 0 saturated heterocycles. The van der Waals surface area contributed by atoms with Crippen molar-refractivity contribution in [2.24, 2.45) is 5.73 Å². The van der Waals surface area contributed by atoms with Crippen molar-refractivity contribution in [2.75, 3.05) is 18.4 Å². The van der Waals surface area contributed by atoms with Gasteiger partial charge >= 0.3 is 0 Å². The zero-order chi connectivity index (χ0) is 12.7. The highest BCUT2D eigenvalue weighted by Crippen LogP contribution is 2.06. The van der Waals surface area contributed by atoms with Crippen molar-refractivity contribution in [3.63, 3.8) is 0 Å². The third kappa shape index (κ3) is 4.50. The Bertz CT molecular complexity index is 406. The zero-order valence-electron chi connectivity index (χ0n) is 9.69. The second-order valence-electron chi connectivity index (χ2n) is 3.51. The molecular formula is C11H16N4O2. The molecule has 1 aromatic heterocycles. The molecule has 6 heteroatoms. The molecule has 4 N–H and O–H groups in total. The summed E-state index contributed by atoms with van der Waals surface area (Å²) in [6.07, 6.45) is 2.51. The fraction of sp³-hybridized carbons (Fsp3) is 0.364. The normalized spacial score (nSPS) is 9.71. The van der Waals surface area contributed by atoms with E-state index in [4.69, 9.17) is 5.73 Å². The molecule has 2 amide bonds. The average molecular weight is 236 g/mol. The third-order valence-electron chi connectivity index (χ3n) is 2.00. The lowest BCUT2D eigenvalue weighted by molar-refractivity contribution is -0.117. The van der Waals surface area contributed by atoms with Gasteiger partial charge in [0.1, 0.15) is 5.82 Å². The molecule has 1 heterocycles. The molecule has 0 fully saturated rings. The predicted octanol–water partition coefficient (Wildman–Crippen LogP) is 0.119. The van der Waals surface area contributed by atoms with Crippen LogP contribution in [0.4, 0.5) is 5.82 Å². The number of aromatic nitrogens is 1.